The molecule has 0 N–H and O–H groups in total. The van der Waals surface area contributed by atoms with Gasteiger partial charge in [-0.15, -0.1) is 6.58 Å². The minimum atomic E-state index is 0.142. The second kappa shape index (κ2) is 8.17. The largest absolute Gasteiger partial charge is 0.336 e. The zero-order chi connectivity index (χ0) is 17.9. The fourth-order valence-corrected chi connectivity index (χ4v) is 5.53. The van der Waals surface area contributed by atoms with Gasteiger partial charge in [0.15, 0.2) is 5.69 Å². The maximum atomic E-state index is 13.2. The average Bonchev–Trinajstić information content (AvgIpc) is 3.07. The molecule has 1 aromatic rings. The van der Waals surface area contributed by atoms with Gasteiger partial charge in [0.1, 0.15) is 0 Å². The highest BCUT2D eigenvalue weighted by atomic mass is 32.2. The molecule has 26 heavy (non-hydrogen) atoms. The quantitative estimate of drug-likeness (QED) is 0.760. The minimum Gasteiger partial charge on any atom is -0.336 e. The number of thioether (sulfide) groups is 1. The summed E-state index contributed by atoms with van der Waals surface area (Å²) >= 11 is 1.93. The van der Waals surface area contributed by atoms with Crippen LogP contribution >= 0.6 is 11.8 Å². The summed E-state index contributed by atoms with van der Waals surface area (Å²) in [6.45, 7) is 8.69. The van der Waals surface area contributed by atoms with Crippen molar-refractivity contribution in [2.75, 3.05) is 37.7 Å². The molecule has 1 unspecified atom stereocenters. The zero-order valence-corrected chi connectivity index (χ0v) is 16.5. The second-order valence-corrected chi connectivity index (χ2v) is 8.87. The summed E-state index contributed by atoms with van der Waals surface area (Å²) in [6, 6.07) is 0.577. The van der Waals surface area contributed by atoms with E-state index in [1.165, 1.54) is 50.0 Å². The van der Waals surface area contributed by atoms with E-state index < -0.39 is 0 Å². The van der Waals surface area contributed by atoms with Crippen molar-refractivity contribution < 1.29 is 4.79 Å². The van der Waals surface area contributed by atoms with Crippen molar-refractivity contribution in [3.8, 4) is 0 Å². The lowest BCUT2D eigenvalue weighted by Gasteiger charge is -2.37. The Balaban J connectivity index is 1.60. The van der Waals surface area contributed by atoms with Crippen LogP contribution in [-0.4, -0.2) is 69.2 Å². The van der Waals surface area contributed by atoms with Gasteiger partial charge in [-0.2, -0.15) is 16.9 Å². The first-order chi connectivity index (χ1) is 12.8. The molecule has 0 spiro atoms. The van der Waals surface area contributed by atoms with E-state index in [9.17, 15) is 4.79 Å². The Bertz CT molecular complexity index is 659. The first-order valence-electron chi connectivity index (χ1n) is 10.1. The molecule has 0 saturated carbocycles. The van der Waals surface area contributed by atoms with Crippen molar-refractivity contribution in [2.45, 2.75) is 51.1 Å². The third kappa shape index (κ3) is 3.58. The first kappa shape index (κ1) is 18.1. The van der Waals surface area contributed by atoms with Crippen LogP contribution in [0.4, 0.5) is 0 Å². The summed E-state index contributed by atoms with van der Waals surface area (Å²) < 4.78 is 2.03. The Kier molecular flexibility index (Phi) is 5.69. The molecule has 3 heterocycles. The van der Waals surface area contributed by atoms with Gasteiger partial charge in [-0.1, -0.05) is 12.5 Å². The predicted molar refractivity (Wildman–Crippen MR) is 107 cm³/mol. The minimum absolute atomic E-state index is 0.142. The summed E-state index contributed by atoms with van der Waals surface area (Å²) in [5, 5.41) is 4.77. The molecule has 0 bridgehead atoms. The Morgan fingerprint density at radius 3 is 2.69 bits per heavy atom. The molecule has 4 rings (SSSR count). The number of hydrogen-bond donors (Lipinski definition) is 0. The average molecular weight is 375 g/mol. The number of amides is 1. The normalized spacial score (nSPS) is 24.3. The van der Waals surface area contributed by atoms with E-state index >= 15 is 0 Å². The van der Waals surface area contributed by atoms with Crippen molar-refractivity contribution in [1.29, 1.82) is 0 Å². The number of rotatable bonds is 4. The molecule has 0 aromatic carbocycles. The van der Waals surface area contributed by atoms with Crippen LogP contribution in [0.2, 0.25) is 0 Å². The van der Waals surface area contributed by atoms with Crippen LogP contribution in [0.15, 0.2) is 12.7 Å². The van der Waals surface area contributed by atoms with Crippen LogP contribution < -0.4 is 0 Å². The Morgan fingerprint density at radius 1 is 1.19 bits per heavy atom. The van der Waals surface area contributed by atoms with Crippen LogP contribution in [0.1, 0.15) is 47.4 Å². The van der Waals surface area contributed by atoms with Gasteiger partial charge in [0.25, 0.3) is 5.91 Å². The number of hydrogen-bond acceptors (Lipinski definition) is 4. The van der Waals surface area contributed by atoms with E-state index in [0.717, 1.165) is 43.1 Å². The highest BCUT2D eigenvalue weighted by Crippen LogP contribution is 2.30. The molecular weight excluding hydrogens is 344 g/mol. The SMILES string of the molecule is C=CCn1nc(C(=O)N2CCSCC2)c2c1CCC(N1CCCCC1)C2. The number of carbonyl (C=O) groups is 1. The summed E-state index contributed by atoms with van der Waals surface area (Å²) in [7, 11) is 0. The van der Waals surface area contributed by atoms with Gasteiger partial charge in [-0.25, -0.2) is 0 Å². The van der Waals surface area contributed by atoms with Crippen molar-refractivity contribution in [3.05, 3.63) is 29.6 Å². The maximum Gasteiger partial charge on any atom is 0.274 e. The summed E-state index contributed by atoms with van der Waals surface area (Å²) in [4.78, 5) is 17.8. The molecule has 6 heteroatoms. The van der Waals surface area contributed by atoms with Crippen LogP contribution in [0.5, 0.6) is 0 Å². The lowest BCUT2D eigenvalue weighted by molar-refractivity contribution is 0.0763. The summed E-state index contributed by atoms with van der Waals surface area (Å²) in [6.07, 6.45) is 9.07. The van der Waals surface area contributed by atoms with Gasteiger partial charge in [-0.3, -0.25) is 9.48 Å². The van der Waals surface area contributed by atoms with Crippen LogP contribution in [0.3, 0.4) is 0 Å². The lowest BCUT2D eigenvalue weighted by Crippen LogP contribution is -2.43. The topological polar surface area (TPSA) is 41.4 Å². The molecule has 2 saturated heterocycles. The molecule has 5 nitrogen and oxygen atoms in total. The highest BCUT2D eigenvalue weighted by Gasteiger charge is 2.33. The molecule has 1 aromatic heterocycles. The number of aromatic nitrogens is 2. The van der Waals surface area contributed by atoms with Gasteiger partial charge in [0, 0.05) is 41.9 Å². The molecule has 1 amide bonds. The lowest BCUT2D eigenvalue weighted by atomic mass is 9.89. The Labute approximate surface area is 160 Å². The van der Waals surface area contributed by atoms with Gasteiger partial charge in [0.05, 0.1) is 6.54 Å². The summed E-state index contributed by atoms with van der Waals surface area (Å²) in [5.41, 5.74) is 3.21. The van der Waals surface area contributed by atoms with E-state index in [2.05, 4.69) is 11.5 Å². The van der Waals surface area contributed by atoms with Gasteiger partial charge >= 0.3 is 0 Å². The fraction of sp³-hybridized carbons (Fsp3) is 0.700. The van der Waals surface area contributed by atoms with Crippen LogP contribution in [0, 0.1) is 0 Å². The molecule has 142 valence electrons. The van der Waals surface area contributed by atoms with Gasteiger partial charge < -0.3 is 9.80 Å². The number of carbonyl (C=O) groups excluding carboxylic acids is 1. The number of nitrogens with zero attached hydrogens (tertiary/aromatic N) is 4. The molecular formula is C20H30N4OS. The number of fused-ring (bicyclic) bond motifs is 1. The predicted octanol–water partition coefficient (Wildman–Crippen LogP) is 2.60. The monoisotopic (exact) mass is 374 g/mol. The number of allylic oxidation sites excluding steroid dienone is 1. The van der Waals surface area contributed by atoms with Gasteiger partial charge in [0.2, 0.25) is 0 Å². The molecule has 3 aliphatic rings. The smallest absolute Gasteiger partial charge is 0.274 e. The van der Waals surface area contributed by atoms with Crippen molar-refractivity contribution in [1.82, 2.24) is 19.6 Å². The third-order valence-corrected chi connectivity index (χ3v) is 6.97. The van der Waals surface area contributed by atoms with Crippen molar-refractivity contribution in [2.24, 2.45) is 0 Å². The zero-order valence-electron chi connectivity index (χ0n) is 15.7. The van der Waals surface area contributed by atoms with E-state index in [0.29, 0.717) is 12.6 Å². The standard InChI is InChI=1S/C20H30N4OS/c1-2-8-24-18-7-6-16(22-9-4-3-5-10-22)15-17(18)19(21-24)20(25)23-11-13-26-14-12-23/h2,16H,1,3-15H2. The molecule has 1 atom stereocenters. The van der Waals surface area contributed by atoms with Crippen molar-refractivity contribution in [3.63, 3.8) is 0 Å². The molecule has 0 radical (unpaired) electrons. The Morgan fingerprint density at radius 2 is 1.96 bits per heavy atom. The summed E-state index contributed by atoms with van der Waals surface area (Å²) in [5.74, 6) is 2.22. The molecule has 2 aliphatic heterocycles. The first-order valence-corrected chi connectivity index (χ1v) is 11.2. The third-order valence-electron chi connectivity index (χ3n) is 6.03. The molecule has 1 aliphatic carbocycles. The number of piperidine rings is 1. The Hall–Kier alpha value is -1.27. The van der Waals surface area contributed by atoms with E-state index in [-0.39, 0.29) is 5.91 Å². The van der Waals surface area contributed by atoms with Crippen LogP contribution in [-0.2, 0) is 19.4 Å². The fourth-order valence-electron chi connectivity index (χ4n) is 4.63. The van der Waals surface area contributed by atoms with E-state index in [1.807, 2.05) is 27.4 Å². The van der Waals surface area contributed by atoms with E-state index in [1.54, 1.807) is 0 Å². The second-order valence-electron chi connectivity index (χ2n) is 7.64. The van der Waals surface area contributed by atoms with Gasteiger partial charge in [-0.05, 0) is 45.2 Å². The maximum absolute atomic E-state index is 13.2. The van der Waals surface area contributed by atoms with Crippen molar-refractivity contribution >= 4 is 17.7 Å². The molecule has 2 fully saturated rings. The number of likely N-dealkylation sites (tertiary alicyclic amines) is 1. The highest BCUT2D eigenvalue weighted by molar-refractivity contribution is 7.99. The van der Waals surface area contributed by atoms with E-state index in [4.69, 9.17) is 5.10 Å². The van der Waals surface area contributed by atoms with Crippen LogP contribution in [0.25, 0.3) is 0 Å².